The number of carbonyl (C=O) groups excluding carboxylic acids is 2. The lowest BCUT2D eigenvalue weighted by Gasteiger charge is -2.28. The molecule has 2 amide bonds. The molecule has 1 saturated heterocycles. The fourth-order valence-electron chi connectivity index (χ4n) is 4.84. The van der Waals surface area contributed by atoms with E-state index < -0.39 is 17.4 Å². The first-order valence-corrected chi connectivity index (χ1v) is 12.9. The summed E-state index contributed by atoms with van der Waals surface area (Å²) in [7, 11) is 0. The van der Waals surface area contributed by atoms with Gasteiger partial charge in [-0.15, -0.1) is 0 Å². The SMILES string of the molecule is C[C@@H](/C=C/CCO)[C@]1(O)C(=O)N(Cc2cccc(NC(=O)C3CCCNC3)c2)c2ccc(Br)cc21. The molecule has 186 valence electrons. The smallest absolute Gasteiger partial charge is 0.264 e. The first-order valence-electron chi connectivity index (χ1n) is 12.1. The van der Waals surface area contributed by atoms with E-state index in [4.69, 9.17) is 5.11 Å². The lowest BCUT2D eigenvalue weighted by Crippen LogP contribution is -2.44. The molecule has 2 aromatic carbocycles. The Morgan fingerprint density at radius 1 is 1.34 bits per heavy atom. The first kappa shape index (κ1) is 25.6. The summed E-state index contributed by atoms with van der Waals surface area (Å²) in [6.45, 7) is 3.70. The average molecular weight is 542 g/mol. The third-order valence-electron chi connectivity index (χ3n) is 6.81. The van der Waals surface area contributed by atoms with Crippen LogP contribution in [0.15, 0.2) is 59.1 Å². The number of benzene rings is 2. The van der Waals surface area contributed by atoms with Crippen LogP contribution in [-0.4, -0.2) is 41.7 Å². The highest BCUT2D eigenvalue weighted by Gasteiger charge is 2.52. The highest BCUT2D eigenvalue weighted by Crippen LogP contribution is 2.46. The lowest BCUT2D eigenvalue weighted by molar-refractivity contribution is -0.139. The van der Waals surface area contributed by atoms with Crippen molar-refractivity contribution in [1.82, 2.24) is 5.32 Å². The fourth-order valence-corrected chi connectivity index (χ4v) is 5.20. The molecule has 2 heterocycles. The number of hydrogen-bond acceptors (Lipinski definition) is 5. The third kappa shape index (κ3) is 5.35. The molecule has 0 aromatic heterocycles. The Kier molecular flexibility index (Phi) is 8.06. The van der Waals surface area contributed by atoms with Crippen LogP contribution in [0.4, 0.5) is 11.4 Å². The van der Waals surface area contributed by atoms with E-state index in [0.29, 0.717) is 29.9 Å². The van der Waals surface area contributed by atoms with E-state index in [0.717, 1.165) is 29.4 Å². The fraction of sp³-hybridized carbons (Fsp3) is 0.407. The predicted molar refractivity (Wildman–Crippen MR) is 140 cm³/mol. The van der Waals surface area contributed by atoms with Crippen molar-refractivity contribution in [3.63, 3.8) is 0 Å². The van der Waals surface area contributed by atoms with Crippen LogP contribution in [0.3, 0.4) is 0 Å². The van der Waals surface area contributed by atoms with E-state index in [2.05, 4.69) is 26.6 Å². The van der Waals surface area contributed by atoms with Gasteiger partial charge in [0.2, 0.25) is 5.91 Å². The zero-order valence-corrected chi connectivity index (χ0v) is 21.4. The molecule has 0 bridgehead atoms. The van der Waals surface area contributed by atoms with Crippen LogP contribution in [0.2, 0.25) is 0 Å². The Labute approximate surface area is 214 Å². The minimum atomic E-state index is -1.72. The minimum Gasteiger partial charge on any atom is -0.396 e. The van der Waals surface area contributed by atoms with Crippen LogP contribution in [0, 0.1) is 11.8 Å². The van der Waals surface area contributed by atoms with Crippen LogP contribution in [0.5, 0.6) is 0 Å². The molecule has 0 saturated carbocycles. The second-order valence-corrected chi connectivity index (χ2v) is 10.2. The van der Waals surface area contributed by atoms with Gasteiger partial charge < -0.3 is 25.7 Å². The van der Waals surface area contributed by atoms with Gasteiger partial charge in [0, 0.05) is 34.8 Å². The van der Waals surface area contributed by atoms with E-state index in [9.17, 15) is 14.7 Å². The van der Waals surface area contributed by atoms with Gasteiger partial charge >= 0.3 is 0 Å². The summed E-state index contributed by atoms with van der Waals surface area (Å²) in [6.07, 6.45) is 5.87. The van der Waals surface area contributed by atoms with Gasteiger partial charge in [-0.25, -0.2) is 0 Å². The highest BCUT2D eigenvalue weighted by atomic mass is 79.9. The molecule has 35 heavy (non-hydrogen) atoms. The second-order valence-electron chi connectivity index (χ2n) is 9.28. The molecule has 8 heteroatoms. The average Bonchev–Trinajstić information content (AvgIpc) is 3.07. The standard InChI is InChI=1S/C27H32BrN3O4/c1-18(6-2-3-13-32)27(35)23-15-21(28)10-11-24(23)31(26(27)34)17-19-7-4-9-22(14-19)30-25(33)20-8-5-12-29-16-20/h2,4,6-7,9-11,14-15,18,20,29,32,35H,3,5,8,12-13,16-17H2,1H3,(H,30,33)/b6-2+/t18-,20?,27+/m0/s1. The number of anilines is 2. The molecule has 2 aliphatic heterocycles. The Hall–Kier alpha value is -2.52. The third-order valence-corrected chi connectivity index (χ3v) is 7.31. The van der Waals surface area contributed by atoms with Crippen molar-refractivity contribution in [1.29, 1.82) is 0 Å². The van der Waals surface area contributed by atoms with Gasteiger partial charge in [-0.3, -0.25) is 9.59 Å². The second kappa shape index (κ2) is 11.0. The number of piperidine rings is 1. The first-order chi connectivity index (χ1) is 16.8. The maximum atomic E-state index is 13.6. The van der Waals surface area contributed by atoms with Crippen molar-refractivity contribution in [3.8, 4) is 0 Å². The zero-order chi connectivity index (χ0) is 25.0. The van der Waals surface area contributed by atoms with Crippen LogP contribution in [0.1, 0.15) is 37.3 Å². The van der Waals surface area contributed by atoms with Crippen LogP contribution in [-0.2, 0) is 21.7 Å². The summed E-state index contributed by atoms with van der Waals surface area (Å²) in [5, 5.41) is 27.0. The molecule has 7 nitrogen and oxygen atoms in total. The van der Waals surface area contributed by atoms with Crippen LogP contribution < -0.4 is 15.5 Å². The van der Waals surface area contributed by atoms with Gasteiger partial charge in [-0.1, -0.05) is 47.1 Å². The number of halogens is 1. The number of aliphatic hydroxyl groups excluding tert-OH is 1. The van der Waals surface area contributed by atoms with Crippen LogP contribution in [0.25, 0.3) is 0 Å². The van der Waals surface area contributed by atoms with Gasteiger partial charge in [0.15, 0.2) is 5.60 Å². The molecule has 3 atom stereocenters. The molecule has 1 unspecified atom stereocenters. The van der Waals surface area contributed by atoms with Crippen molar-refractivity contribution >= 4 is 39.1 Å². The monoisotopic (exact) mass is 541 g/mol. The molecule has 4 N–H and O–H groups in total. The van der Waals surface area contributed by atoms with E-state index >= 15 is 0 Å². The Morgan fingerprint density at radius 2 is 2.17 bits per heavy atom. The number of hydrogen-bond donors (Lipinski definition) is 4. The van der Waals surface area contributed by atoms with E-state index in [1.807, 2.05) is 36.4 Å². The number of carbonyl (C=O) groups is 2. The van der Waals surface area contributed by atoms with Crippen molar-refractivity contribution in [2.24, 2.45) is 11.8 Å². The maximum Gasteiger partial charge on any atom is 0.264 e. The molecule has 2 aliphatic rings. The molecular weight excluding hydrogens is 510 g/mol. The van der Waals surface area contributed by atoms with Crippen molar-refractivity contribution in [2.75, 3.05) is 29.9 Å². The van der Waals surface area contributed by atoms with Gasteiger partial charge in [0.1, 0.15) is 0 Å². The Bertz CT molecular complexity index is 1120. The summed E-state index contributed by atoms with van der Waals surface area (Å²) in [6, 6.07) is 13.0. The van der Waals surface area contributed by atoms with E-state index in [-0.39, 0.29) is 25.0 Å². The van der Waals surface area contributed by atoms with Gasteiger partial charge in [0.25, 0.3) is 5.91 Å². The number of rotatable bonds is 8. The molecular formula is C27H32BrN3O4. The molecule has 2 aromatic rings. The van der Waals surface area contributed by atoms with Crippen molar-refractivity contribution < 1.29 is 19.8 Å². The molecule has 0 aliphatic carbocycles. The molecule has 1 fully saturated rings. The largest absolute Gasteiger partial charge is 0.396 e. The minimum absolute atomic E-state index is 0.000314. The Morgan fingerprint density at radius 3 is 2.91 bits per heavy atom. The number of nitrogens with one attached hydrogen (secondary N) is 2. The lowest BCUT2D eigenvalue weighted by atomic mass is 9.83. The van der Waals surface area contributed by atoms with Gasteiger partial charge in [-0.05, 0) is 61.7 Å². The number of amides is 2. The van der Waals surface area contributed by atoms with Crippen molar-refractivity contribution in [3.05, 3.63) is 70.2 Å². The predicted octanol–water partition coefficient (Wildman–Crippen LogP) is 3.70. The highest BCUT2D eigenvalue weighted by molar-refractivity contribution is 9.10. The zero-order valence-electron chi connectivity index (χ0n) is 19.8. The quantitative estimate of drug-likeness (QED) is 0.381. The molecule has 0 radical (unpaired) electrons. The summed E-state index contributed by atoms with van der Waals surface area (Å²) in [5.41, 5.74) is 1.03. The molecule has 4 rings (SSSR count). The summed E-state index contributed by atoms with van der Waals surface area (Å²) < 4.78 is 0.776. The van der Waals surface area contributed by atoms with E-state index in [1.165, 1.54) is 0 Å². The Balaban J connectivity index is 1.57. The van der Waals surface area contributed by atoms with Gasteiger partial charge in [0.05, 0.1) is 18.2 Å². The van der Waals surface area contributed by atoms with E-state index in [1.54, 1.807) is 30.0 Å². The topological polar surface area (TPSA) is 102 Å². The summed E-state index contributed by atoms with van der Waals surface area (Å²) in [5.74, 6) is -0.934. The van der Waals surface area contributed by atoms with Gasteiger partial charge in [-0.2, -0.15) is 0 Å². The number of aliphatic hydroxyl groups is 2. The summed E-state index contributed by atoms with van der Waals surface area (Å²) >= 11 is 3.46. The van der Waals surface area contributed by atoms with Crippen molar-refractivity contribution in [2.45, 2.75) is 38.3 Å². The normalized spacial score (nSPS) is 22.9. The molecule has 0 spiro atoms. The summed E-state index contributed by atoms with van der Waals surface area (Å²) in [4.78, 5) is 27.9. The maximum absolute atomic E-state index is 13.6. The number of nitrogens with zero attached hydrogens (tertiary/aromatic N) is 1. The van der Waals surface area contributed by atoms with Crippen LogP contribution >= 0.6 is 15.9 Å². The number of fused-ring (bicyclic) bond motifs is 1.